The first-order chi connectivity index (χ1) is 9.24. The Balaban J connectivity index is 1.52. The van der Waals surface area contributed by atoms with Gasteiger partial charge in [-0.2, -0.15) is 0 Å². The molecule has 3 saturated heterocycles. The highest BCUT2D eigenvalue weighted by atomic mass is 16.3. The Hall–Kier alpha value is -0.610. The molecular formula is C15H24N2O2. The third-order valence-electron chi connectivity index (χ3n) is 5.97. The number of nitrogens with zero attached hydrogens (tertiary/aromatic N) is 1. The molecule has 5 atom stereocenters. The topological polar surface area (TPSA) is 52.6 Å². The first kappa shape index (κ1) is 12.2. The van der Waals surface area contributed by atoms with Crippen LogP contribution in [0.15, 0.2) is 0 Å². The number of nitrogens with one attached hydrogen (secondary N) is 1. The van der Waals surface area contributed by atoms with Crippen LogP contribution in [0, 0.1) is 11.8 Å². The fourth-order valence-electron chi connectivity index (χ4n) is 5.13. The Labute approximate surface area is 114 Å². The maximum absolute atomic E-state index is 12.9. The van der Waals surface area contributed by atoms with Gasteiger partial charge in [0.25, 0.3) is 0 Å². The Kier molecular flexibility index (Phi) is 2.85. The molecule has 4 nitrogen and oxygen atoms in total. The Bertz CT molecular complexity index is 372. The van der Waals surface area contributed by atoms with Crippen molar-refractivity contribution in [2.75, 3.05) is 6.54 Å². The first-order valence-electron chi connectivity index (χ1n) is 7.97. The highest BCUT2D eigenvalue weighted by Gasteiger charge is 2.49. The third-order valence-corrected chi connectivity index (χ3v) is 5.97. The molecule has 0 aromatic heterocycles. The summed E-state index contributed by atoms with van der Waals surface area (Å²) in [6, 6.07) is 0.692. The highest BCUT2D eigenvalue weighted by molar-refractivity contribution is 5.83. The molecule has 4 rings (SSSR count). The van der Waals surface area contributed by atoms with Crippen LogP contribution in [-0.4, -0.2) is 46.7 Å². The summed E-state index contributed by atoms with van der Waals surface area (Å²) in [5.41, 5.74) is 0. The number of rotatable bonds is 1. The van der Waals surface area contributed by atoms with Crippen molar-refractivity contribution in [2.45, 2.75) is 69.2 Å². The highest BCUT2D eigenvalue weighted by Crippen LogP contribution is 2.41. The van der Waals surface area contributed by atoms with Gasteiger partial charge < -0.3 is 15.3 Å². The molecule has 1 aliphatic carbocycles. The van der Waals surface area contributed by atoms with Gasteiger partial charge in [-0.15, -0.1) is 0 Å². The van der Waals surface area contributed by atoms with Gasteiger partial charge in [-0.3, -0.25) is 4.79 Å². The SMILES string of the molecule is O=C(C1NCC2CCCC21)N1C2CCC1CC(O)C2. The lowest BCUT2D eigenvalue weighted by Gasteiger charge is -2.39. The van der Waals surface area contributed by atoms with E-state index in [0.717, 1.165) is 38.1 Å². The van der Waals surface area contributed by atoms with Crippen molar-refractivity contribution >= 4 is 5.91 Å². The maximum atomic E-state index is 12.9. The van der Waals surface area contributed by atoms with E-state index in [1.54, 1.807) is 0 Å². The summed E-state index contributed by atoms with van der Waals surface area (Å²) in [4.78, 5) is 15.0. The molecule has 0 aromatic rings. The maximum Gasteiger partial charge on any atom is 0.240 e. The van der Waals surface area contributed by atoms with Crippen LogP contribution in [0.4, 0.5) is 0 Å². The van der Waals surface area contributed by atoms with Gasteiger partial charge in [0.15, 0.2) is 0 Å². The van der Waals surface area contributed by atoms with E-state index in [9.17, 15) is 9.90 Å². The molecule has 2 N–H and O–H groups in total. The molecule has 0 aromatic carbocycles. The van der Waals surface area contributed by atoms with Gasteiger partial charge in [0, 0.05) is 12.1 Å². The minimum atomic E-state index is -0.183. The van der Waals surface area contributed by atoms with E-state index in [1.165, 1.54) is 19.3 Å². The van der Waals surface area contributed by atoms with Crippen LogP contribution in [-0.2, 0) is 4.79 Å². The molecule has 2 bridgehead atoms. The van der Waals surface area contributed by atoms with Crippen LogP contribution in [0.3, 0.4) is 0 Å². The molecule has 19 heavy (non-hydrogen) atoms. The summed E-state index contributed by atoms with van der Waals surface area (Å²) >= 11 is 0. The monoisotopic (exact) mass is 264 g/mol. The van der Waals surface area contributed by atoms with Gasteiger partial charge in [-0.25, -0.2) is 0 Å². The summed E-state index contributed by atoms with van der Waals surface area (Å²) in [7, 11) is 0. The Morgan fingerprint density at radius 2 is 1.84 bits per heavy atom. The number of carbonyl (C=O) groups is 1. The van der Waals surface area contributed by atoms with Crippen molar-refractivity contribution in [3.8, 4) is 0 Å². The summed E-state index contributed by atoms with van der Waals surface area (Å²) in [6.45, 7) is 1.03. The van der Waals surface area contributed by atoms with Crippen molar-refractivity contribution in [1.82, 2.24) is 10.2 Å². The van der Waals surface area contributed by atoms with Gasteiger partial charge in [0.1, 0.15) is 0 Å². The van der Waals surface area contributed by atoms with E-state index in [-0.39, 0.29) is 12.1 Å². The van der Waals surface area contributed by atoms with Crippen molar-refractivity contribution < 1.29 is 9.90 Å². The largest absolute Gasteiger partial charge is 0.393 e. The quantitative estimate of drug-likeness (QED) is 0.739. The average Bonchev–Trinajstić information content (AvgIpc) is 3.02. The van der Waals surface area contributed by atoms with Crippen molar-refractivity contribution in [2.24, 2.45) is 11.8 Å². The van der Waals surface area contributed by atoms with Gasteiger partial charge in [-0.1, -0.05) is 6.42 Å². The van der Waals surface area contributed by atoms with Crippen LogP contribution in [0.2, 0.25) is 0 Å². The van der Waals surface area contributed by atoms with Crippen LogP contribution in [0.1, 0.15) is 44.9 Å². The van der Waals surface area contributed by atoms with Gasteiger partial charge in [0.2, 0.25) is 5.91 Å². The van der Waals surface area contributed by atoms with Crippen LogP contribution < -0.4 is 5.32 Å². The lowest BCUT2D eigenvalue weighted by Crippen LogP contribution is -2.54. The van der Waals surface area contributed by atoms with Crippen molar-refractivity contribution in [3.63, 3.8) is 0 Å². The number of piperidine rings is 1. The van der Waals surface area contributed by atoms with E-state index in [2.05, 4.69) is 10.2 Å². The zero-order valence-corrected chi connectivity index (χ0v) is 11.4. The second-order valence-corrected chi connectivity index (χ2v) is 7.00. The molecule has 5 unspecified atom stereocenters. The molecule has 4 fully saturated rings. The van der Waals surface area contributed by atoms with Crippen LogP contribution >= 0.6 is 0 Å². The number of fused-ring (bicyclic) bond motifs is 3. The predicted octanol–water partition coefficient (Wildman–Crippen LogP) is 0.889. The summed E-state index contributed by atoms with van der Waals surface area (Å²) in [6.07, 6.45) is 7.41. The lowest BCUT2D eigenvalue weighted by atomic mass is 9.91. The molecule has 0 spiro atoms. The van der Waals surface area contributed by atoms with Gasteiger partial charge >= 0.3 is 0 Å². The molecule has 3 aliphatic heterocycles. The predicted molar refractivity (Wildman–Crippen MR) is 71.5 cm³/mol. The number of aliphatic hydroxyl groups excluding tert-OH is 1. The minimum Gasteiger partial charge on any atom is -0.393 e. The Morgan fingerprint density at radius 1 is 1.11 bits per heavy atom. The number of carbonyl (C=O) groups excluding carboxylic acids is 1. The fourth-order valence-corrected chi connectivity index (χ4v) is 5.13. The lowest BCUT2D eigenvalue weighted by molar-refractivity contribution is -0.140. The van der Waals surface area contributed by atoms with Crippen molar-refractivity contribution in [1.29, 1.82) is 0 Å². The van der Waals surface area contributed by atoms with Gasteiger partial charge in [-0.05, 0) is 56.9 Å². The summed E-state index contributed by atoms with van der Waals surface area (Å²) in [5, 5.41) is 13.3. The van der Waals surface area contributed by atoms with Crippen LogP contribution in [0.25, 0.3) is 0 Å². The van der Waals surface area contributed by atoms with E-state index in [1.807, 2.05) is 0 Å². The van der Waals surface area contributed by atoms with E-state index < -0.39 is 0 Å². The molecule has 1 saturated carbocycles. The van der Waals surface area contributed by atoms with E-state index in [4.69, 9.17) is 0 Å². The summed E-state index contributed by atoms with van der Waals surface area (Å²) in [5.74, 6) is 1.66. The molecule has 1 amide bonds. The zero-order chi connectivity index (χ0) is 13.0. The molecule has 0 radical (unpaired) electrons. The molecular weight excluding hydrogens is 240 g/mol. The number of hydrogen-bond acceptors (Lipinski definition) is 3. The zero-order valence-electron chi connectivity index (χ0n) is 11.4. The van der Waals surface area contributed by atoms with Crippen molar-refractivity contribution in [3.05, 3.63) is 0 Å². The molecule has 3 heterocycles. The average molecular weight is 264 g/mol. The number of amides is 1. The standard InChI is InChI=1S/C15H24N2O2/c18-12-6-10-4-5-11(7-12)17(10)15(19)14-13-3-1-2-9(13)8-16-14/h9-14,16,18H,1-8H2. The third kappa shape index (κ3) is 1.83. The molecule has 4 aliphatic rings. The molecule has 4 heteroatoms. The first-order valence-corrected chi connectivity index (χ1v) is 7.97. The summed E-state index contributed by atoms with van der Waals surface area (Å²) < 4.78 is 0. The number of aliphatic hydroxyl groups is 1. The smallest absolute Gasteiger partial charge is 0.240 e. The minimum absolute atomic E-state index is 0.0749. The van der Waals surface area contributed by atoms with Gasteiger partial charge in [0.05, 0.1) is 12.1 Å². The van der Waals surface area contributed by atoms with E-state index >= 15 is 0 Å². The Morgan fingerprint density at radius 3 is 2.58 bits per heavy atom. The normalized spacial score (nSPS) is 48.6. The molecule has 106 valence electrons. The second kappa shape index (κ2) is 4.45. The fraction of sp³-hybridized carbons (Fsp3) is 0.933. The van der Waals surface area contributed by atoms with Crippen LogP contribution in [0.5, 0.6) is 0 Å². The van der Waals surface area contributed by atoms with E-state index in [0.29, 0.717) is 23.9 Å². The number of hydrogen-bond donors (Lipinski definition) is 2. The second-order valence-electron chi connectivity index (χ2n) is 7.00.